The standard InChI is InChI=1S/C26H22N8O3S2/c1-13-7-18(22(35)30-11-16-8-15-10-28-20(27)9-19(15)38-16)34-21(13)29-12-17(26(34)37)31-23(36)25-33-32-24(39-25)14-5-3-2-4-6-14/h2-6,8-10,12-13,18H,7,11H2,1H3,(H2,27,28)(H,30,35)(H,31,36)/t13-,18+/m1/s1. The molecule has 4 aromatic heterocycles. The van der Waals surface area contributed by atoms with Crippen LogP contribution in [0.3, 0.4) is 0 Å². The summed E-state index contributed by atoms with van der Waals surface area (Å²) >= 11 is 2.64. The average molecular weight is 559 g/mol. The fourth-order valence-electron chi connectivity index (χ4n) is 4.57. The van der Waals surface area contributed by atoms with Gasteiger partial charge in [0.25, 0.3) is 11.5 Å². The number of nitrogens with one attached hydrogen (secondary N) is 2. The van der Waals surface area contributed by atoms with E-state index in [-0.39, 0.29) is 22.5 Å². The Kier molecular flexibility index (Phi) is 6.37. The van der Waals surface area contributed by atoms with E-state index in [1.165, 1.54) is 22.1 Å². The Hall–Kier alpha value is -4.49. The summed E-state index contributed by atoms with van der Waals surface area (Å²) in [5, 5.41) is 15.2. The van der Waals surface area contributed by atoms with Crippen LogP contribution in [0.5, 0.6) is 0 Å². The third-order valence-corrected chi connectivity index (χ3v) is 8.52. The van der Waals surface area contributed by atoms with Crippen LogP contribution in [0.15, 0.2) is 59.7 Å². The summed E-state index contributed by atoms with van der Waals surface area (Å²) in [6.07, 6.45) is 3.46. The van der Waals surface area contributed by atoms with Crippen LogP contribution < -0.4 is 21.9 Å². The molecule has 1 aliphatic rings. The van der Waals surface area contributed by atoms with Gasteiger partial charge in [-0.3, -0.25) is 19.0 Å². The first-order valence-electron chi connectivity index (χ1n) is 12.1. The molecule has 6 rings (SSSR count). The third-order valence-electron chi connectivity index (χ3n) is 6.45. The van der Waals surface area contributed by atoms with E-state index in [0.717, 1.165) is 31.9 Å². The molecule has 0 unspecified atom stereocenters. The topological polar surface area (TPSA) is 158 Å². The smallest absolute Gasteiger partial charge is 0.286 e. The number of hydrogen-bond acceptors (Lipinski definition) is 10. The maximum absolute atomic E-state index is 13.4. The Morgan fingerprint density at radius 3 is 2.74 bits per heavy atom. The van der Waals surface area contributed by atoms with Crippen molar-refractivity contribution in [1.82, 2.24) is 30.0 Å². The number of hydrogen-bond donors (Lipinski definition) is 3. The molecule has 11 nitrogen and oxygen atoms in total. The van der Waals surface area contributed by atoms with Crippen LogP contribution in [0.4, 0.5) is 11.5 Å². The number of thiophene rings is 1. The molecule has 1 aliphatic heterocycles. The number of aromatic nitrogens is 5. The molecule has 5 heterocycles. The van der Waals surface area contributed by atoms with Crippen LogP contribution in [0.1, 0.15) is 45.8 Å². The van der Waals surface area contributed by atoms with E-state index in [9.17, 15) is 14.4 Å². The Balaban J connectivity index is 1.19. The van der Waals surface area contributed by atoms with Crippen molar-refractivity contribution in [2.75, 3.05) is 11.1 Å². The van der Waals surface area contributed by atoms with Crippen molar-refractivity contribution in [3.8, 4) is 10.6 Å². The van der Waals surface area contributed by atoms with Crippen molar-refractivity contribution in [1.29, 1.82) is 0 Å². The summed E-state index contributed by atoms with van der Waals surface area (Å²) in [7, 11) is 0. The second-order valence-corrected chi connectivity index (χ2v) is 11.3. The fraction of sp³-hybridized carbons (Fsp3) is 0.192. The SMILES string of the molecule is C[C@@H]1C[C@@H](C(=O)NCc2cc3cnc(N)cc3s2)n2c1ncc(NC(=O)c1nnc(-c3ccccc3)s1)c2=O. The van der Waals surface area contributed by atoms with Crippen LogP contribution in [0, 0.1) is 0 Å². The molecule has 0 aliphatic carbocycles. The molecule has 39 heavy (non-hydrogen) atoms. The second-order valence-electron chi connectivity index (χ2n) is 9.17. The van der Waals surface area contributed by atoms with Gasteiger partial charge in [-0.1, -0.05) is 48.6 Å². The lowest BCUT2D eigenvalue weighted by molar-refractivity contribution is -0.124. The lowest BCUT2D eigenvalue weighted by Crippen LogP contribution is -2.36. The maximum Gasteiger partial charge on any atom is 0.286 e. The molecule has 0 fully saturated rings. The van der Waals surface area contributed by atoms with Gasteiger partial charge in [0.2, 0.25) is 10.9 Å². The molecule has 0 spiro atoms. The second kappa shape index (κ2) is 10.0. The van der Waals surface area contributed by atoms with Crippen molar-refractivity contribution in [3.63, 3.8) is 0 Å². The number of anilines is 2. The van der Waals surface area contributed by atoms with Crippen LogP contribution in [0.25, 0.3) is 20.7 Å². The Bertz CT molecular complexity index is 1780. The van der Waals surface area contributed by atoms with E-state index in [4.69, 9.17) is 5.73 Å². The number of nitrogen functional groups attached to an aromatic ring is 1. The summed E-state index contributed by atoms with van der Waals surface area (Å²) < 4.78 is 2.36. The zero-order valence-electron chi connectivity index (χ0n) is 20.6. The molecular formula is C26H22N8O3S2. The summed E-state index contributed by atoms with van der Waals surface area (Å²) in [6, 6.07) is 12.4. The Morgan fingerprint density at radius 2 is 1.92 bits per heavy atom. The van der Waals surface area contributed by atoms with Crippen molar-refractivity contribution in [2.24, 2.45) is 0 Å². The highest BCUT2D eigenvalue weighted by molar-refractivity contribution is 7.19. The first kappa shape index (κ1) is 24.8. The number of carbonyl (C=O) groups is 2. The van der Waals surface area contributed by atoms with Crippen molar-refractivity contribution >= 4 is 56.1 Å². The van der Waals surface area contributed by atoms with E-state index < -0.39 is 17.5 Å². The number of pyridine rings is 1. The highest BCUT2D eigenvalue weighted by Crippen LogP contribution is 2.34. The molecule has 2 amide bonds. The van der Waals surface area contributed by atoms with Gasteiger partial charge in [-0.2, -0.15) is 0 Å². The molecule has 2 atom stereocenters. The maximum atomic E-state index is 13.4. The quantitative estimate of drug-likeness (QED) is 0.285. The first-order valence-corrected chi connectivity index (χ1v) is 13.7. The van der Waals surface area contributed by atoms with Gasteiger partial charge < -0.3 is 16.4 Å². The number of fused-ring (bicyclic) bond motifs is 2. The summed E-state index contributed by atoms with van der Waals surface area (Å²) in [4.78, 5) is 49.0. The van der Waals surface area contributed by atoms with Gasteiger partial charge in [-0.05, 0) is 18.6 Å². The number of amides is 2. The molecule has 0 saturated carbocycles. The van der Waals surface area contributed by atoms with E-state index in [2.05, 4.69) is 30.8 Å². The number of carbonyl (C=O) groups excluding carboxylic acids is 2. The van der Waals surface area contributed by atoms with Gasteiger partial charge in [0.15, 0.2) is 0 Å². The van der Waals surface area contributed by atoms with E-state index in [1.807, 2.05) is 43.3 Å². The first-order chi connectivity index (χ1) is 18.9. The van der Waals surface area contributed by atoms with Crippen LogP contribution >= 0.6 is 22.7 Å². The molecular weight excluding hydrogens is 536 g/mol. The lowest BCUT2D eigenvalue weighted by atomic mass is 10.1. The predicted molar refractivity (Wildman–Crippen MR) is 150 cm³/mol. The number of nitrogens with zero attached hydrogens (tertiary/aromatic N) is 5. The van der Waals surface area contributed by atoms with Gasteiger partial charge in [0.05, 0.1) is 12.7 Å². The summed E-state index contributed by atoms with van der Waals surface area (Å²) in [5.41, 5.74) is 6.09. The van der Waals surface area contributed by atoms with Crippen LogP contribution in [-0.4, -0.2) is 36.5 Å². The number of rotatable bonds is 6. The normalized spacial score (nSPS) is 16.2. The highest BCUT2D eigenvalue weighted by atomic mass is 32.1. The molecule has 196 valence electrons. The van der Waals surface area contributed by atoms with Crippen LogP contribution in [-0.2, 0) is 11.3 Å². The average Bonchev–Trinajstić information content (AvgIpc) is 3.66. The minimum absolute atomic E-state index is 0.0262. The Morgan fingerprint density at radius 1 is 1.10 bits per heavy atom. The van der Waals surface area contributed by atoms with Crippen LogP contribution in [0.2, 0.25) is 0 Å². The monoisotopic (exact) mass is 558 g/mol. The Labute approximate surface area is 229 Å². The van der Waals surface area contributed by atoms with E-state index in [0.29, 0.717) is 29.6 Å². The highest BCUT2D eigenvalue weighted by Gasteiger charge is 2.36. The number of nitrogens with two attached hydrogens (primary N) is 1. The minimum Gasteiger partial charge on any atom is -0.384 e. The molecule has 13 heteroatoms. The largest absolute Gasteiger partial charge is 0.384 e. The van der Waals surface area contributed by atoms with Crippen molar-refractivity contribution in [2.45, 2.75) is 31.8 Å². The third kappa shape index (κ3) is 4.77. The van der Waals surface area contributed by atoms with E-state index in [1.54, 1.807) is 12.3 Å². The zero-order valence-corrected chi connectivity index (χ0v) is 22.3. The molecule has 4 N–H and O–H groups in total. The number of benzene rings is 1. The molecule has 1 aromatic carbocycles. The fourth-order valence-corrected chi connectivity index (χ4v) is 6.34. The van der Waals surface area contributed by atoms with Crippen molar-refractivity contribution < 1.29 is 9.59 Å². The van der Waals surface area contributed by atoms with Gasteiger partial charge >= 0.3 is 0 Å². The molecule has 0 saturated heterocycles. The van der Waals surface area contributed by atoms with Gasteiger partial charge in [-0.25, -0.2) is 9.97 Å². The van der Waals surface area contributed by atoms with Gasteiger partial charge in [-0.15, -0.1) is 21.5 Å². The predicted octanol–water partition coefficient (Wildman–Crippen LogP) is 3.57. The summed E-state index contributed by atoms with van der Waals surface area (Å²) in [6.45, 7) is 2.22. The zero-order chi connectivity index (χ0) is 27.1. The van der Waals surface area contributed by atoms with Gasteiger partial charge in [0.1, 0.15) is 28.4 Å². The van der Waals surface area contributed by atoms with Crippen molar-refractivity contribution in [3.05, 3.63) is 80.9 Å². The minimum atomic E-state index is -0.746. The van der Waals surface area contributed by atoms with E-state index >= 15 is 0 Å². The van der Waals surface area contributed by atoms with Gasteiger partial charge in [0, 0.05) is 32.6 Å². The molecule has 0 bridgehead atoms. The molecule has 0 radical (unpaired) electrons. The molecule has 5 aromatic rings. The lowest BCUT2D eigenvalue weighted by Gasteiger charge is -2.15. The summed E-state index contributed by atoms with van der Waals surface area (Å²) in [5.74, 6) is -0.0215.